The standard InChI is InChI=1S/C12H16F3N3O2/c1-7(2)8(3)5-16-9-4-11(12(13,14)15)17-6-10(9)18(19)20/h4,6-8H,5H2,1-3H3,(H,16,17). The van der Waals surface area contributed by atoms with E-state index in [0.717, 1.165) is 0 Å². The molecule has 1 rings (SSSR count). The molecule has 0 aliphatic rings. The van der Waals surface area contributed by atoms with Gasteiger partial charge in [0.05, 0.1) is 4.92 Å². The summed E-state index contributed by atoms with van der Waals surface area (Å²) in [5, 5.41) is 13.5. The fourth-order valence-electron chi connectivity index (χ4n) is 1.40. The Bertz CT molecular complexity index is 489. The van der Waals surface area contributed by atoms with E-state index in [-0.39, 0.29) is 11.6 Å². The number of alkyl halides is 3. The van der Waals surface area contributed by atoms with Crippen LogP contribution in [0.25, 0.3) is 0 Å². The Morgan fingerprint density at radius 1 is 1.40 bits per heavy atom. The minimum atomic E-state index is -4.63. The third-order valence-corrected chi connectivity index (χ3v) is 3.12. The number of nitro groups is 1. The molecule has 0 amide bonds. The van der Waals surface area contributed by atoms with Crippen LogP contribution < -0.4 is 5.32 Å². The molecule has 1 atom stereocenters. The smallest absolute Gasteiger partial charge is 0.379 e. The van der Waals surface area contributed by atoms with E-state index < -0.39 is 22.5 Å². The molecule has 0 fully saturated rings. The summed E-state index contributed by atoms with van der Waals surface area (Å²) in [4.78, 5) is 13.1. The number of anilines is 1. The number of halogens is 3. The summed E-state index contributed by atoms with van der Waals surface area (Å²) < 4.78 is 37.7. The van der Waals surface area contributed by atoms with Crippen molar-refractivity contribution in [2.24, 2.45) is 11.8 Å². The van der Waals surface area contributed by atoms with Gasteiger partial charge in [0.2, 0.25) is 0 Å². The highest BCUT2D eigenvalue weighted by Crippen LogP contribution is 2.33. The van der Waals surface area contributed by atoms with Crippen LogP contribution >= 0.6 is 0 Å². The van der Waals surface area contributed by atoms with E-state index in [9.17, 15) is 23.3 Å². The van der Waals surface area contributed by atoms with Crippen LogP contribution in [-0.4, -0.2) is 16.5 Å². The summed E-state index contributed by atoms with van der Waals surface area (Å²) in [6, 6.07) is 0.672. The van der Waals surface area contributed by atoms with Gasteiger partial charge in [0.25, 0.3) is 0 Å². The van der Waals surface area contributed by atoms with Crippen molar-refractivity contribution >= 4 is 11.4 Å². The van der Waals surface area contributed by atoms with Crippen molar-refractivity contribution in [1.82, 2.24) is 4.98 Å². The van der Waals surface area contributed by atoms with E-state index >= 15 is 0 Å². The molecule has 8 heteroatoms. The first-order valence-corrected chi connectivity index (χ1v) is 6.08. The number of hydrogen-bond donors (Lipinski definition) is 1. The van der Waals surface area contributed by atoms with Gasteiger partial charge in [0, 0.05) is 6.54 Å². The Labute approximate surface area is 114 Å². The quantitative estimate of drug-likeness (QED) is 0.663. The van der Waals surface area contributed by atoms with Crippen molar-refractivity contribution < 1.29 is 18.1 Å². The summed E-state index contributed by atoms with van der Waals surface area (Å²) in [5.74, 6) is 0.475. The van der Waals surface area contributed by atoms with Crippen molar-refractivity contribution in [2.75, 3.05) is 11.9 Å². The van der Waals surface area contributed by atoms with Crippen molar-refractivity contribution in [2.45, 2.75) is 26.9 Å². The molecule has 1 aromatic heterocycles. The largest absolute Gasteiger partial charge is 0.433 e. The molecule has 0 aliphatic carbocycles. The first kappa shape index (κ1) is 16.2. The zero-order valence-electron chi connectivity index (χ0n) is 11.4. The van der Waals surface area contributed by atoms with Gasteiger partial charge in [-0.1, -0.05) is 20.8 Å². The maximum atomic E-state index is 12.6. The molecule has 20 heavy (non-hydrogen) atoms. The average Bonchev–Trinajstić information content (AvgIpc) is 2.34. The zero-order chi connectivity index (χ0) is 15.5. The van der Waals surface area contributed by atoms with Crippen LogP contribution in [0.2, 0.25) is 0 Å². The maximum absolute atomic E-state index is 12.6. The normalized spacial score (nSPS) is 13.3. The first-order chi connectivity index (χ1) is 9.12. The fourth-order valence-corrected chi connectivity index (χ4v) is 1.40. The van der Waals surface area contributed by atoms with Crippen molar-refractivity contribution in [3.63, 3.8) is 0 Å². The lowest BCUT2D eigenvalue weighted by molar-refractivity contribution is -0.384. The summed E-state index contributed by atoms with van der Waals surface area (Å²) in [7, 11) is 0. The SMILES string of the molecule is CC(C)C(C)CNc1cc(C(F)(F)F)ncc1[N+](=O)[O-]. The minimum Gasteiger partial charge on any atom is -0.379 e. The van der Waals surface area contributed by atoms with Crippen LogP contribution in [0.4, 0.5) is 24.5 Å². The molecule has 0 aliphatic heterocycles. The summed E-state index contributed by atoms with van der Waals surface area (Å²) >= 11 is 0. The highest BCUT2D eigenvalue weighted by atomic mass is 19.4. The second kappa shape index (κ2) is 6.06. The lowest BCUT2D eigenvalue weighted by Gasteiger charge is -2.17. The topological polar surface area (TPSA) is 68.1 Å². The molecule has 0 saturated carbocycles. The van der Waals surface area contributed by atoms with Crippen molar-refractivity contribution in [3.8, 4) is 0 Å². The van der Waals surface area contributed by atoms with Gasteiger partial charge in [0.1, 0.15) is 17.6 Å². The summed E-state index contributed by atoms with van der Waals surface area (Å²) in [5.41, 5.74) is -1.78. The van der Waals surface area contributed by atoms with E-state index in [2.05, 4.69) is 10.3 Å². The van der Waals surface area contributed by atoms with Crippen LogP contribution in [0.5, 0.6) is 0 Å². The molecule has 112 valence electrons. The van der Waals surface area contributed by atoms with E-state index in [1.165, 1.54) is 0 Å². The molecule has 1 unspecified atom stereocenters. The van der Waals surface area contributed by atoms with Crippen LogP contribution in [0, 0.1) is 22.0 Å². The van der Waals surface area contributed by atoms with E-state index in [0.29, 0.717) is 24.7 Å². The van der Waals surface area contributed by atoms with Crippen LogP contribution in [0.15, 0.2) is 12.3 Å². The van der Waals surface area contributed by atoms with Gasteiger partial charge in [-0.25, -0.2) is 4.98 Å². The van der Waals surface area contributed by atoms with Gasteiger partial charge >= 0.3 is 11.9 Å². The molecule has 0 radical (unpaired) electrons. The Morgan fingerprint density at radius 3 is 2.45 bits per heavy atom. The Balaban J connectivity index is 3.04. The highest BCUT2D eigenvalue weighted by molar-refractivity contribution is 5.61. The van der Waals surface area contributed by atoms with Crippen LogP contribution in [0.3, 0.4) is 0 Å². The predicted octanol–water partition coefficient (Wildman–Crippen LogP) is 3.71. The molecule has 1 heterocycles. The molecule has 0 spiro atoms. The average molecular weight is 291 g/mol. The summed E-state index contributed by atoms with van der Waals surface area (Å²) in [6.07, 6.45) is -4.00. The number of rotatable bonds is 5. The zero-order valence-corrected chi connectivity index (χ0v) is 11.4. The van der Waals surface area contributed by atoms with Crippen LogP contribution in [-0.2, 0) is 6.18 Å². The lowest BCUT2D eigenvalue weighted by Crippen LogP contribution is -2.18. The van der Waals surface area contributed by atoms with Gasteiger partial charge < -0.3 is 5.32 Å². The van der Waals surface area contributed by atoms with Gasteiger partial charge in [-0.05, 0) is 17.9 Å². The number of pyridine rings is 1. The number of hydrogen-bond acceptors (Lipinski definition) is 4. The number of nitrogens with zero attached hydrogens (tertiary/aromatic N) is 2. The number of aromatic nitrogens is 1. The van der Waals surface area contributed by atoms with Gasteiger partial charge in [-0.3, -0.25) is 10.1 Å². The maximum Gasteiger partial charge on any atom is 0.433 e. The van der Waals surface area contributed by atoms with Gasteiger partial charge in [0.15, 0.2) is 0 Å². The Morgan fingerprint density at radius 2 is 2.00 bits per heavy atom. The molecular formula is C12H16F3N3O2. The number of nitrogens with one attached hydrogen (secondary N) is 1. The Kier molecular flexibility index (Phi) is 4.91. The van der Waals surface area contributed by atoms with Gasteiger partial charge in [-0.2, -0.15) is 13.2 Å². The second-order valence-corrected chi connectivity index (χ2v) is 4.94. The first-order valence-electron chi connectivity index (χ1n) is 6.08. The predicted molar refractivity (Wildman–Crippen MR) is 68.4 cm³/mol. The summed E-state index contributed by atoms with van der Waals surface area (Å²) in [6.45, 7) is 6.19. The monoisotopic (exact) mass is 291 g/mol. The second-order valence-electron chi connectivity index (χ2n) is 4.94. The minimum absolute atomic E-state index is 0.162. The molecular weight excluding hydrogens is 275 g/mol. The third kappa shape index (κ3) is 4.07. The molecule has 5 nitrogen and oxygen atoms in total. The lowest BCUT2D eigenvalue weighted by atomic mass is 9.98. The fraction of sp³-hybridized carbons (Fsp3) is 0.583. The Hall–Kier alpha value is -1.86. The van der Waals surface area contributed by atoms with Gasteiger partial charge in [-0.15, -0.1) is 0 Å². The molecule has 1 N–H and O–H groups in total. The van der Waals surface area contributed by atoms with Crippen LogP contribution in [0.1, 0.15) is 26.5 Å². The van der Waals surface area contributed by atoms with Crippen molar-refractivity contribution in [3.05, 3.63) is 28.1 Å². The molecule has 0 bridgehead atoms. The molecule has 1 aromatic rings. The molecule has 0 aromatic carbocycles. The van der Waals surface area contributed by atoms with E-state index in [1.54, 1.807) is 0 Å². The van der Waals surface area contributed by atoms with E-state index in [1.807, 2.05) is 20.8 Å². The molecule has 0 saturated heterocycles. The highest BCUT2D eigenvalue weighted by Gasteiger charge is 2.34. The van der Waals surface area contributed by atoms with E-state index in [4.69, 9.17) is 0 Å². The third-order valence-electron chi connectivity index (χ3n) is 3.12. The van der Waals surface area contributed by atoms with Crippen molar-refractivity contribution in [1.29, 1.82) is 0 Å².